The van der Waals surface area contributed by atoms with Crippen molar-refractivity contribution in [2.24, 2.45) is 0 Å². The molecule has 0 bridgehead atoms. The molecule has 100 valence electrons. The highest BCUT2D eigenvalue weighted by Crippen LogP contribution is 2.24. The summed E-state index contributed by atoms with van der Waals surface area (Å²) in [5.74, 6) is 1.34. The Morgan fingerprint density at radius 1 is 1.50 bits per heavy atom. The Morgan fingerprint density at radius 3 is 2.89 bits per heavy atom. The number of nitrogens with one attached hydrogen (secondary N) is 1. The van der Waals surface area contributed by atoms with Crippen molar-refractivity contribution in [2.75, 3.05) is 11.9 Å². The first-order chi connectivity index (χ1) is 8.61. The molecular formula is C13H21N3O2. The van der Waals surface area contributed by atoms with E-state index in [4.69, 9.17) is 0 Å². The van der Waals surface area contributed by atoms with Gasteiger partial charge in [0.1, 0.15) is 11.6 Å². The van der Waals surface area contributed by atoms with Crippen molar-refractivity contribution in [3.63, 3.8) is 0 Å². The topological polar surface area (TPSA) is 69.2 Å². The maximum absolute atomic E-state index is 11.6. The van der Waals surface area contributed by atoms with Gasteiger partial charge in [0.25, 0.3) is 5.56 Å². The van der Waals surface area contributed by atoms with Gasteiger partial charge in [-0.3, -0.25) is 4.79 Å². The minimum Gasteiger partial charge on any atom is -0.391 e. The highest BCUT2D eigenvalue weighted by atomic mass is 16.3. The Bertz CT molecular complexity index is 458. The zero-order valence-corrected chi connectivity index (χ0v) is 11.0. The van der Waals surface area contributed by atoms with Crippen molar-refractivity contribution in [1.29, 1.82) is 0 Å². The van der Waals surface area contributed by atoms with E-state index in [0.717, 1.165) is 25.7 Å². The monoisotopic (exact) mass is 251 g/mol. The second-order valence-corrected chi connectivity index (χ2v) is 4.93. The molecule has 1 aliphatic rings. The van der Waals surface area contributed by atoms with E-state index in [-0.39, 0.29) is 17.7 Å². The van der Waals surface area contributed by atoms with E-state index in [1.165, 1.54) is 6.07 Å². The molecule has 2 rings (SSSR count). The van der Waals surface area contributed by atoms with Gasteiger partial charge < -0.3 is 15.0 Å². The highest BCUT2D eigenvalue weighted by molar-refractivity contribution is 5.38. The summed E-state index contributed by atoms with van der Waals surface area (Å²) in [7, 11) is 1.90. The fourth-order valence-corrected chi connectivity index (χ4v) is 2.56. The van der Waals surface area contributed by atoms with Crippen molar-refractivity contribution in [2.45, 2.75) is 51.2 Å². The van der Waals surface area contributed by atoms with E-state index < -0.39 is 0 Å². The third-order valence-corrected chi connectivity index (χ3v) is 3.66. The summed E-state index contributed by atoms with van der Waals surface area (Å²) < 4.78 is 0. The summed E-state index contributed by atoms with van der Waals surface area (Å²) in [6.07, 6.45) is 4.36. The molecule has 1 aromatic rings. The van der Waals surface area contributed by atoms with Crippen LogP contribution in [0.25, 0.3) is 0 Å². The van der Waals surface area contributed by atoms with Crippen LogP contribution in [0.2, 0.25) is 0 Å². The van der Waals surface area contributed by atoms with Crippen LogP contribution in [0.3, 0.4) is 0 Å². The van der Waals surface area contributed by atoms with Gasteiger partial charge in [-0.15, -0.1) is 0 Å². The van der Waals surface area contributed by atoms with Crippen LogP contribution in [0.5, 0.6) is 0 Å². The standard InChI is InChI=1S/C13H21N3O2/c1-3-11-14-12(8-13(18)15-11)16(2)9-6-4-5-7-10(9)17/h8-10,17H,3-7H2,1-2H3,(H,14,15,18). The van der Waals surface area contributed by atoms with Crippen LogP contribution in [0, 0.1) is 0 Å². The van der Waals surface area contributed by atoms with Gasteiger partial charge in [0.15, 0.2) is 0 Å². The Morgan fingerprint density at radius 2 is 2.22 bits per heavy atom. The van der Waals surface area contributed by atoms with E-state index in [2.05, 4.69) is 9.97 Å². The number of hydrogen-bond donors (Lipinski definition) is 2. The number of aryl methyl sites for hydroxylation is 1. The first kappa shape index (κ1) is 13.1. The molecule has 0 amide bonds. The molecule has 1 aliphatic carbocycles. The van der Waals surface area contributed by atoms with Crippen LogP contribution in [0.1, 0.15) is 38.4 Å². The molecule has 0 saturated heterocycles. The minimum atomic E-state index is -0.324. The van der Waals surface area contributed by atoms with Gasteiger partial charge in [0.05, 0.1) is 12.1 Å². The molecule has 1 aromatic heterocycles. The summed E-state index contributed by atoms with van der Waals surface area (Å²) in [6, 6.07) is 1.57. The predicted octanol–water partition coefficient (Wildman–Crippen LogP) is 1.07. The molecule has 5 nitrogen and oxygen atoms in total. The molecule has 2 unspecified atom stereocenters. The third kappa shape index (κ3) is 2.72. The first-order valence-corrected chi connectivity index (χ1v) is 6.63. The van der Waals surface area contributed by atoms with Gasteiger partial charge in [0, 0.05) is 19.5 Å². The van der Waals surface area contributed by atoms with Gasteiger partial charge in [-0.25, -0.2) is 4.98 Å². The van der Waals surface area contributed by atoms with Gasteiger partial charge in [0.2, 0.25) is 0 Å². The van der Waals surface area contributed by atoms with Crippen LogP contribution in [0.15, 0.2) is 10.9 Å². The van der Waals surface area contributed by atoms with Crippen LogP contribution in [0.4, 0.5) is 5.82 Å². The summed E-state index contributed by atoms with van der Waals surface area (Å²) in [5, 5.41) is 10.0. The van der Waals surface area contributed by atoms with Crippen LogP contribution in [-0.4, -0.2) is 34.3 Å². The Kier molecular flexibility index (Phi) is 4.01. The normalized spacial score (nSPS) is 23.9. The number of hydrogen-bond acceptors (Lipinski definition) is 4. The van der Waals surface area contributed by atoms with Crippen molar-refractivity contribution in [3.8, 4) is 0 Å². The van der Waals surface area contributed by atoms with Crippen LogP contribution >= 0.6 is 0 Å². The van der Waals surface area contributed by atoms with E-state index in [0.29, 0.717) is 18.1 Å². The molecule has 2 atom stereocenters. The second kappa shape index (κ2) is 5.52. The lowest BCUT2D eigenvalue weighted by atomic mass is 9.91. The number of nitrogens with zero attached hydrogens (tertiary/aromatic N) is 2. The first-order valence-electron chi connectivity index (χ1n) is 6.63. The molecular weight excluding hydrogens is 230 g/mol. The number of aliphatic hydroxyl groups is 1. The molecule has 2 N–H and O–H groups in total. The van der Waals surface area contributed by atoms with E-state index >= 15 is 0 Å². The van der Waals surface area contributed by atoms with Crippen LogP contribution in [-0.2, 0) is 6.42 Å². The van der Waals surface area contributed by atoms with Gasteiger partial charge in [-0.2, -0.15) is 0 Å². The largest absolute Gasteiger partial charge is 0.391 e. The van der Waals surface area contributed by atoms with E-state index in [1.54, 1.807) is 0 Å². The lowest BCUT2D eigenvalue weighted by Crippen LogP contribution is -2.44. The molecule has 0 aliphatic heterocycles. The third-order valence-electron chi connectivity index (χ3n) is 3.66. The number of anilines is 1. The summed E-state index contributed by atoms with van der Waals surface area (Å²) in [5.41, 5.74) is -0.131. The van der Waals surface area contributed by atoms with E-state index in [1.807, 2.05) is 18.9 Å². The summed E-state index contributed by atoms with van der Waals surface area (Å²) in [4.78, 5) is 20.6. The maximum atomic E-state index is 11.6. The predicted molar refractivity (Wildman–Crippen MR) is 70.9 cm³/mol. The molecule has 1 fully saturated rings. The van der Waals surface area contributed by atoms with Gasteiger partial charge in [-0.1, -0.05) is 19.8 Å². The maximum Gasteiger partial charge on any atom is 0.252 e. The van der Waals surface area contributed by atoms with E-state index in [9.17, 15) is 9.90 Å². The number of rotatable bonds is 3. The molecule has 0 radical (unpaired) electrons. The lowest BCUT2D eigenvalue weighted by molar-refractivity contribution is 0.106. The smallest absolute Gasteiger partial charge is 0.252 e. The molecule has 0 aromatic carbocycles. The number of likely N-dealkylation sites (N-methyl/N-ethyl adjacent to an activating group) is 1. The molecule has 5 heteroatoms. The zero-order valence-electron chi connectivity index (χ0n) is 11.0. The summed E-state index contributed by atoms with van der Waals surface area (Å²) in [6.45, 7) is 1.96. The summed E-state index contributed by atoms with van der Waals surface area (Å²) >= 11 is 0. The lowest BCUT2D eigenvalue weighted by Gasteiger charge is -2.35. The van der Waals surface area contributed by atoms with Crippen molar-refractivity contribution in [3.05, 3.63) is 22.2 Å². The number of H-pyrrole nitrogens is 1. The van der Waals surface area contributed by atoms with Crippen molar-refractivity contribution >= 4 is 5.82 Å². The zero-order chi connectivity index (χ0) is 13.1. The van der Waals surface area contributed by atoms with Crippen molar-refractivity contribution in [1.82, 2.24) is 9.97 Å². The highest BCUT2D eigenvalue weighted by Gasteiger charge is 2.27. The minimum absolute atomic E-state index is 0.0674. The molecule has 1 heterocycles. The molecule has 1 saturated carbocycles. The van der Waals surface area contributed by atoms with Gasteiger partial charge >= 0.3 is 0 Å². The van der Waals surface area contributed by atoms with Crippen molar-refractivity contribution < 1.29 is 5.11 Å². The number of aliphatic hydroxyl groups excluding tert-OH is 1. The molecule has 18 heavy (non-hydrogen) atoms. The number of aromatic nitrogens is 2. The Hall–Kier alpha value is -1.36. The molecule has 0 spiro atoms. The fraction of sp³-hybridized carbons (Fsp3) is 0.692. The Balaban J connectivity index is 2.24. The average molecular weight is 251 g/mol. The number of aromatic amines is 1. The second-order valence-electron chi connectivity index (χ2n) is 4.93. The SMILES string of the molecule is CCc1nc(N(C)C2CCCCC2O)cc(=O)[nH]1. The average Bonchev–Trinajstić information content (AvgIpc) is 2.37. The quantitative estimate of drug-likeness (QED) is 0.843. The van der Waals surface area contributed by atoms with Crippen LogP contribution < -0.4 is 10.5 Å². The van der Waals surface area contributed by atoms with Gasteiger partial charge in [-0.05, 0) is 12.8 Å². The fourth-order valence-electron chi connectivity index (χ4n) is 2.56. The Labute approximate surface area is 107 Å².